The normalized spacial score (nSPS) is 11.2. The second-order valence-corrected chi connectivity index (χ2v) is 7.55. The van der Waals surface area contributed by atoms with Gasteiger partial charge in [-0.15, -0.1) is 0 Å². The van der Waals surface area contributed by atoms with Gasteiger partial charge in [0.05, 0.1) is 0 Å². The number of rotatable bonds is 7. The molecule has 0 saturated heterocycles. The van der Waals surface area contributed by atoms with Crippen molar-refractivity contribution in [2.75, 3.05) is 6.54 Å². The zero-order valence-corrected chi connectivity index (χ0v) is 15.3. The number of carbonyl (C=O) groups excluding carboxylic acids is 1. The number of hydrogen-bond acceptors (Lipinski definition) is 2. The number of carbonyl (C=O) groups is 2. The van der Waals surface area contributed by atoms with E-state index in [4.69, 9.17) is 5.11 Å². The first kappa shape index (κ1) is 18.2. The van der Waals surface area contributed by atoms with Crippen molar-refractivity contribution in [3.8, 4) is 0 Å². The van der Waals surface area contributed by atoms with E-state index in [1.165, 1.54) is 0 Å². The summed E-state index contributed by atoms with van der Waals surface area (Å²) in [6.45, 7) is 4.55. The Morgan fingerprint density at radius 2 is 1.71 bits per heavy atom. The van der Waals surface area contributed by atoms with Crippen LogP contribution >= 0.6 is 31.9 Å². The van der Waals surface area contributed by atoms with Gasteiger partial charge in [-0.3, -0.25) is 9.59 Å². The number of aliphatic carboxylic acids is 1. The van der Waals surface area contributed by atoms with Gasteiger partial charge in [-0.25, -0.2) is 0 Å². The average Bonchev–Trinajstić information content (AvgIpc) is 2.35. The summed E-state index contributed by atoms with van der Waals surface area (Å²) in [6, 6.07) is 5.39. The lowest BCUT2D eigenvalue weighted by molar-refractivity contribution is -0.137. The molecule has 0 radical (unpaired) electrons. The molecule has 0 bridgehead atoms. The standard InChI is InChI=1S/C15H19Br2NO3/c1-15(2,4-3-13(19)20)5-6-18-14(21)10-7-11(16)9-12(17)8-10/h7-9H,3-6H2,1-2H3,(H,18,21)(H,19,20). The molecule has 0 spiro atoms. The summed E-state index contributed by atoms with van der Waals surface area (Å²) in [5.41, 5.74) is 0.475. The van der Waals surface area contributed by atoms with Crippen LogP contribution in [0.5, 0.6) is 0 Å². The van der Waals surface area contributed by atoms with Gasteiger partial charge >= 0.3 is 5.97 Å². The van der Waals surface area contributed by atoms with Gasteiger partial charge in [-0.05, 0) is 36.5 Å². The second-order valence-electron chi connectivity index (χ2n) is 5.72. The Hall–Kier alpha value is -0.880. The van der Waals surface area contributed by atoms with Crippen LogP contribution in [0.2, 0.25) is 0 Å². The van der Waals surface area contributed by atoms with Crippen LogP contribution in [0.25, 0.3) is 0 Å². The fourth-order valence-electron chi connectivity index (χ4n) is 1.87. The van der Waals surface area contributed by atoms with E-state index < -0.39 is 5.97 Å². The molecule has 21 heavy (non-hydrogen) atoms. The number of carboxylic acids is 1. The van der Waals surface area contributed by atoms with Crippen molar-refractivity contribution in [2.24, 2.45) is 5.41 Å². The van der Waals surface area contributed by atoms with Gasteiger partial charge in [0.15, 0.2) is 0 Å². The van der Waals surface area contributed by atoms with Crippen molar-refractivity contribution < 1.29 is 14.7 Å². The van der Waals surface area contributed by atoms with Crippen molar-refractivity contribution in [3.05, 3.63) is 32.7 Å². The summed E-state index contributed by atoms with van der Waals surface area (Å²) in [7, 11) is 0. The Morgan fingerprint density at radius 3 is 2.24 bits per heavy atom. The zero-order chi connectivity index (χ0) is 16.0. The van der Waals surface area contributed by atoms with Crippen molar-refractivity contribution in [1.29, 1.82) is 0 Å². The van der Waals surface area contributed by atoms with E-state index in [0.717, 1.165) is 15.4 Å². The van der Waals surface area contributed by atoms with Gasteiger partial charge in [0, 0.05) is 27.5 Å². The zero-order valence-electron chi connectivity index (χ0n) is 12.1. The highest BCUT2D eigenvalue weighted by Crippen LogP contribution is 2.26. The minimum Gasteiger partial charge on any atom is -0.481 e. The summed E-state index contributed by atoms with van der Waals surface area (Å²) >= 11 is 6.70. The average molecular weight is 421 g/mol. The molecule has 0 saturated carbocycles. The minimum atomic E-state index is -0.786. The van der Waals surface area contributed by atoms with Gasteiger partial charge in [0.25, 0.3) is 5.91 Å². The Bertz CT molecular complexity index is 509. The highest BCUT2D eigenvalue weighted by atomic mass is 79.9. The quantitative estimate of drug-likeness (QED) is 0.693. The lowest BCUT2D eigenvalue weighted by Crippen LogP contribution is -2.28. The van der Waals surface area contributed by atoms with Gasteiger partial charge in [0.2, 0.25) is 0 Å². The molecule has 0 heterocycles. The lowest BCUT2D eigenvalue weighted by Gasteiger charge is -2.23. The van der Waals surface area contributed by atoms with Crippen LogP contribution < -0.4 is 5.32 Å². The first-order valence-electron chi connectivity index (χ1n) is 6.66. The predicted molar refractivity (Wildman–Crippen MR) is 89.4 cm³/mol. The van der Waals surface area contributed by atoms with Crippen LogP contribution in [0.4, 0.5) is 0 Å². The molecule has 1 amide bonds. The number of nitrogens with one attached hydrogen (secondary N) is 1. The Kier molecular flexibility index (Phi) is 6.87. The van der Waals surface area contributed by atoms with E-state index in [2.05, 4.69) is 37.2 Å². The van der Waals surface area contributed by atoms with Crippen molar-refractivity contribution in [2.45, 2.75) is 33.1 Å². The third-order valence-electron chi connectivity index (χ3n) is 3.23. The van der Waals surface area contributed by atoms with Gasteiger partial charge < -0.3 is 10.4 Å². The molecule has 0 aliphatic heterocycles. The minimum absolute atomic E-state index is 0.108. The van der Waals surface area contributed by atoms with Crippen LogP contribution in [-0.2, 0) is 4.79 Å². The Balaban J connectivity index is 2.47. The predicted octanol–water partition coefficient (Wildman–Crippen LogP) is 4.22. The molecule has 1 aromatic carbocycles. The molecule has 116 valence electrons. The molecule has 6 heteroatoms. The number of hydrogen-bond donors (Lipinski definition) is 2. The molecule has 4 nitrogen and oxygen atoms in total. The van der Waals surface area contributed by atoms with E-state index in [-0.39, 0.29) is 17.7 Å². The maximum Gasteiger partial charge on any atom is 0.303 e. The van der Waals surface area contributed by atoms with E-state index >= 15 is 0 Å². The molecule has 1 aromatic rings. The van der Waals surface area contributed by atoms with Gasteiger partial charge in [-0.2, -0.15) is 0 Å². The Labute approximate surface area is 141 Å². The summed E-state index contributed by atoms with van der Waals surface area (Å²) in [4.78, 5) is 22.7. The lowest BCUT2D eigenvalue weighted by atomic mass is 9.84. The Morgan fingerprint density at radius 1 is 1.14 bits per heavy atom. The molecule has 0 aliphatic carbocycles. The summed E-state index contributed by atoms with van der Waals surface area (Å²) in [5, 5.41) is 11.6. The monoisotopic (exact) mass is 419 g/mol. The first-order chi connectivity index (χ1) is 9.69. The molecular formula is C15H19Br2NO3. The fraction of sp³-hybridized carbons (Fsp3) is 0.467. The van der Waals surface area contributed by atoms with Gasteiger partial charge in [0.1, 0.15) is 0 Å². The summed E-state index contributed by atoms with van der Waals surface area (Å²) in [6.07, 6.45) is 1.49. The van der Waals surface area contributed by atoms with Crippen LogP contribution in [-0.4, -0.2) is 23.5 Å². The van der Waals surface area contributed by atoms with E-state index in [1.54, 1.807) is 12.1 Å². The van der Waals surface area contributed by atoms with Crippen LogP contribution in [0.3, 0.4) is 0 Å². The fourth-order valence-corrected chi connectivity index (χ4v) is 3.17. The molecule has 0 unspecified atom stereocenters. The number of carboxylic acid groups (broad SMARTS) is 1. The molecule has 1 rings (SSSR count). The number of benzene rings is 1. The third kappa shape index (κ3) is 7.09. The van der Waals surface area contributed by atoms with E-state index in [0.29, 0.717) is 18.5 Å². The largest absolute Gasteiger partial charge is 0.481 e. The SMILES string of the molecule is CC(C)(CCNC(=O)c1cc(Br)cc(Br)c1)CCC(=O)O. The smallest absolute Gasteiger partial charge is 0.303 e. The molecular weight excluding hydrogens is 402 g/mol. The van der Waals surface area contributed by atoms with E-state index in [9.17, 15) is 9.59 Å². The van der Waals surface area contributed by atoms with Crippen molar-refractivity contribution >= 4 is 43.7 Å². The summed E-state index contributed by atoms with van der Waals surface area (Å²) in [5.74, 6) is -0.919. The molecule has 0 aromatic heterocycles. The number of halogens is 2. The molecule has 0 aliphatic rings. The van der Waals surface area contributed by atoms with Crippen LogP contribution in [0.15, 0.2) is 27.1 Å². The maximum atomic E-state index is 12.1. The van der Waals surface area contributed by atoms with Crippen molar-refractivity contribution in [3.63, 3.8) is 0 Å². The molecule has 0 fully saturated rings. The van der Waals surface area contributed by atoms with E-state index in [1.807, 2.05) is 19.9 Å². The molecule has 2 N–H and O–H groups in total. The summed E-state index contributed by atoms with van der Waals surface area (Å²) < 4.78 is 1.67. The highest BCUT2D eigenvalue weighted by Gasteiger charge is 2.19. The van der Waals surface area contributed by atoms with Crippen LogP contribution in [0.1, 0.15) is 43.5 Å². The maximum absolute atomic E-state index is 12.1. The number of amides is 1. The second kappa shape index (κ2) is 7.94. The molecule has 0 atom stereocenters. The van der Waals surface area contributed by atoms with Crippen LogP contribution in [0, 0.1) is 5.41 Å². The first-order valence-corrected chi connectivity index (χ1v) is 8.24. The third-order valence-corrected chi connectivity index (χ3v) is 4.14. The highest BCUT2D eigenvalue weighted by molar-refractivity contribution is 9.11. The topological polar surface area (TPSA) is 66.4 Å². The van der Waals surface area contributed by atoms with Gasteiger partial charge in [-0.1, -0.05) is 45.7 Å². The van der Waals surface area contributed by atoms with Crippen molar-refractivity contribution in [1.82, 2.24) is 5.32 Å².